The number of anilines is 2. The highest BCUT2D eigenvalue weighted by Gasteiger charge is 2.35. The average molecular weight is 356 g/mol. The molecule has 26 heavy (non-hydrogen) atoms. The van der Waals surface area contributed by atoms with Gasteiger partial charge < -0.3 is 20.4 Å². The van der Waals surface area contributed by atoms with E-state index in [4.69, 9.17) is 5.73 Å². The highest BCUT2D eigenvalue weighted by atomic mass is 16.2. The molecule has 7 heteroatoms. The minimum Gasteiger partial charge on any atom is -0.368 e. The van der Waals surface area contributed by atoms with E-state index in [1.165, 1.54) is 5.56 Å². The van der Waals surface area contributed by atoms with Crippen LogP contribution in [0.1, 0.15) is 24.1 Å². The third-order valence-corrected chi connectivity index (χ3v) is 5.91. The van der Waals surface area contributed by atoms with Crippen molar-refractivity contribution in [2.75, 3.05) is 50.9 Å². The third kappa shape index (κ3) is 3.10. The van der Waals surface area contributed by atoms with E-state index in [-0.39, 0.29) is 6.03 Å². The molecule has 3 heterocycles. The molecular formula is C19H28N6O. The third-order valence-electron chi connectivity index (χ3n) is 5.91. The first-order valence-corrected chi connectivity index (χ1v) is 9.54. The largest absolute Gasteiger partial charge is 0.368 e. The summed E-state index contributed by atoms with van der Waals surface area (Å²) in [6, 6.07) is 0.0542. The Hall–Kier alpha value is -2.31. The van der Waals surface area contributed by atoms with Crippen LogP contribution in [-0.4, -0.2) is 66.1 Å². The summed E-state index contributed by atoms with van der Waals surface area (Å²) in [5.41, 5.74) is 8.23. The molecule has 2 atom stereocenters. The second-order valence-electron chi connectivity index (χ2n) is 7.86. The highest BCUT2D eigenvalue weighted by Crippen LogP contribution is 2.37. The summed E-state index contributed by atoms with van der Waals surface area (Å²) in [4.78, 5) is 27.4. The van der Waals surface area contributed by atoms with Crippen molar-refractivity contribution in [3.8, 4) is 0 Å². The number of nitrogens with two attached hydrogens (primary N) is 1. The molecule has 1 aliphatic carbocycles. The molecule has 7 nitrogen and oxygen atoms in total. The molecule has 0 saturated carbocycles. The Labute approximate surface area is 154 Å². The van der Waals surface area contributed by atoms with Crippen molar-refractivity contribution in [1.29, 1.82) is 0 Å². The molecule has 0 unspecified atom stereocenters. The summed E-state index contributed by atoms with van der Waals surface area (Å²) in [6.07, 6.45) is 8.46. The first kappa shape index (κ1) is 17.1. The van der Waals surface area contributed by atoms with Crippen molar-refractivity contribution in [2.24, 2.45) is 11.8 Å². The van der Waals surface area contributed by atoms with Crippen LogP contribution in [0.3, 0.4) is 0 Å². The van der Waals surface area contributed by atoms with Crippen molar-refractivity contribution in [3.63, 3.8) is 0 Å². The maximum Gasteiger partial charge on any atom is 0.319 e. The van der Waals surface area contributed by atoms with Gasteiger partial charge in [-0.05, 0) is 31.1 Å². The molecule has 140 valence electrons. The lowest BCUT2D eigenvalue weighted by Gasteiger charge is -2.24. The Balaban J connectivity index is 1.59. The number of aromatic nitrogens is 2. The number of hydrogen-bond acceptors (Lipinski definition) is 5. The molecule has 0 spiro atoms. The van der Waals surface area contributed by atoms with E-state index >= 15 is 0 Å². The van der Waals surface area contributed by atoms with Crippen molar-refractivity contribution in [1.82, 2.24) is 19.8 Å². The zero-order chi connectivity index (χ0) is 18.3. The van der Waals surface area contributed by atoms with Crippen LogP contribution in [0.2, 0.25) is 0 Å². The quantitative estimate of drug-likeness (QED) is 0.772. The number of rotatable bonds is 1. The van der Waals surface area contributed by atoms with Gasteiger partial charge in [0.2, 0.25) is 5.95 Å². The number of nitrogen functional groups attached to an aromatic ring is 1. The Morgan fingerprint density at radius 1 is 1.12 bits per heavy atom. The van der Waals surface area contributed by atoms with Crippen LogP contribution in [-0.2, 0) is 12.8 Å². The fourth-order valence-electron chi connectivity index (χ4n) is 4.52. The van der Waals surface area contributed by atoms with Gasteiger partial charge in [-0.15, -0.1) is 0 Å². The standard InChI is InChI=1S/C19H28N6O/c1-23(2)19(26)24-9-7-15-16(8-10-24)21-18(20)22-17(15)25-11-13-5-3-4-6-14(13)12-25/h3-4,13-14H,5-12H2,1-2H3,(H2,20,21,22)/t13-,14+. The number of amides is 2. The van der Waals surface area contributed by atoms with Crippen molar-refractivity contribution in [3.05, 3.63) is 23.4 Å². The van der Waals surface area contributed by atoms with Crippen molar-refractivity contribution >= 4 is 17.8 Å². The first-order valence-electron chi connectivity index (χ1n) is 9.54. The molecule has 2 aliphatic heterocycles. The van der Waals surface area contributed by atoms with Crippen LogP contribution in [0.4, 0.5) is 16.6 Å². The zero-order valence-corrected chi connectivity index (χ0v) is 15.7. The SMILES string of the molecule is CN(C)C(=O)N1CCc2nc(N)nc(N3C[C@H]4CC=CC[C@H]4C3)c2CC1. The Bertz CT molecular complexity index is 715. The van der Waals surface area contributed by atoms with Crippen LogP contribution in [0.15, 0.2) is 12.2 Å². The van der Waals surface area contributed by atoms with Crippen molar-refractivity contribution < 1.29 is 4.79 Å². The maximum atomic E-state index is 12.4. The Morgan fingerprint density at radius 2 is 1.77 bits per heavy atom. The summed E-state index contributed by atoms with van der Waals surface area (Å²) >= 11 is 0. The first-order chi connectivity index (χ1) is 12.5. The second kappa shape index (κ2) is 6.78. The molecule has 0 radical (unpaired) electrons. The average Bonchev–Trinajstić information content (AvgIpc) is 2.94. The van der Waals surface area contributed by atoms with E-state index < -0.39 is 0 Å². The predicted molar refractivity (Wildman–Crippen MR) is 102 cm³/mol. The Morgan fingerprint density at radius 3 is 2.42 bits per heavy atom. The molecule has 1 saturated heterocycles. The smallest absolute Gasteiger partial charge is 0.319 e. The van der Waals surface area contributed by atoms with Gasteiger partial charge in [-0.3, -0.25) is 0 Å². The zero-order valence-electron chi connectivity index (χ0n) is 15.7. The summed E-state index contributed by atoms with van der Waals surface area (Å²) in [5.74, 6) is 2.77. The molecule has 1 aromatic heterocycles. The number of allylic oxidation sites excluding steroid dienone is 2. The van der Waals surface area contributed by atoms with Crippen LogP contribution in [0.25, 0.3) is 0 Å². The molecule has 4 rings (SSSR count). The van der Waals surface area contributed by atoms with E-state index in [0.29, 0.717) is 30.9 Å². The van der Waals surface area contributed by atoms with Gasteiger partial charge in [-0.25, -0.2) is 9.78 Å². The summed E-state index contributed by atoms with van der Waals surface area (Å²) in [7, 11) is 3.59. The Kier molecular flexibility index (Phi) is 4.46. The van der Waals surface area contributed by atoms with Gasteiger partial charge in [-0.2, -0.15) is 4.98 Å². The number of urea groups is 1. The lowest BCUT2D eigenvalue weighted by Crippen LogP contribution is -2.40. The van der Waals surface area contributed by atoms with E-state index in [9.17, 15) is 4.79 Å². The fraction of sp³-hybridized carbons (Fsp3) is 0.632. The highest BCUT2D eigenvalue weighted by molar-refractivity contribution is 5.74. The molecule has 0 bridgehead atoms. The molecule has 1 fully saturated rings. The van der Waals surface area contributed by atoms with Crippen LogP contribution in [0, 0.1) is 11.8 Å². The number of carbonyl (C=O) groups is 1. The van der Waals surface area contributed by atoms with E-state index in [2.05, 4.69) is 27.0 Å². The van der Waals surface area contributed by atoms with E-state index in [0.717, 1.165) is 50.3 Å². The van der Waals surface area contributed by atoms with Gasteiger partial charge >= 0.3 is 6.03 Å². The normalized spacial score (nSPS) is 24.8. The number of hydrogen-bond donors (Lipinski definition) is 1. The van der Waals surface area contributed by atoms with Gasteiger partial charge in [0.05, 0.1) is 5.69 Å². The number of fused-ring (bicyclic) bond motifs is 2. The maximum absolute atomic E-state index is 12.4. The van der Waals surface area contributed by atoms with Gasteiger partial charge in [0.1, 0.15) is 5.82 Å². The number of nitrogens with zero attached hydrogens (tertiary/aromatic N) is 5. The molecule has 2 N–H and O–H groups in total. The summed E-state index contributed by atoms with van der Waals surface area (Å²) in [5, 5.41) is 0. The van der Waals surface area contributed by atoms with Crippen LogP contribution >= 0.6 is 0 Å². The van der Waals surface area contributed by atoms with Crippen LogP contribution in [0.5, 0.6) is 0 Å². The van der Waals surface area contributed by atoms with Gasteiger partial charge in [0.25, 0.3) is 0 Å². The topological polar surface area (TPSA) is 78.6 Å². The van der Waals surface area contributed by atoms with Gasteiger partial charge in [0, 0.05) is 52.3 Å². The molecule has 1 aromatic rings. The summed E-state index contributed by atoms with van der Waals surface area (Å²) < 4.78 is 0. The molecule has 3 aliphatic rings. The number of carbonyl (C=O) groups excluding carboxylic acids is 1. The monoisotopic (exact) mass is 356 g/mol. The second-order valence-corrected chi connectivity index (χ2v) is 7.86. The lowest BCUT2D eigenvalue weighted by atomic mass is 9.86. The lowest BCUT2D eigenvalue weighted by molar-refractivity contribution is 0.173. The molecular weight excluding hydrogens is 328 g/mol. The minimum absolute atomic E-state index is 0.0542. The van der Waals surface area contributed by atoms with Gasteiger partial charge in [-0.1, -0.05) is 12.2 Å². The van der Waals surface area contributed by atoms with E-state index in [1.807, 2.05) is 4.90 Å². The van der Waals surface area contributed by atoms with E-state index in [1.54, 1.807) is 19.0 Å². The van der Waals surface area contributed by atoms with Crippen molar-refractivity contribution in [2.45, 2.75) is 25.7 Å². The predicted octanol–water partition coefficient (Wildman–Crippen LogP) is 1.54. The molecule has 0 aromatic carbocycles. The summed E-state index contributed by atoms with van der Waals surface area (Å²) in [6.45, 7) is 3.46. The van der Waals surface area contributed by atoms with Gasteiger partial charge in [0.15, 0.2) is 0 Å². The minimum atomic E-state index is 0.0542. The molecule has 2 amide bonds. The fourth-order valence-corrected chi connectivity index (χ4v) is 4.52. The van der Waals surface area contributed by atoms with Crippen LogP contribution < -0.4 is 10.6 Å².